The summed E-state index contributed by atoms with van der Waals surface area (Å²) in [6.45, 7) is 0.0463. The minimum Gasteiger partial charge on any atom is -0.468 e. The third-order valence-corrected chi connectivity index (χ3v) is 7.09. The van der Waals surface area contributed by atoms with Crippen LogP contribution in [0.5, 0.6) is 0 Å². The Labute approximate surface area is 180 Å². The SMILES string of the molecule is COC(=O)CNC(=O)CSc1nc2sc3c(c2c(=O)n1Cc1ccco1)CCCC3. The second kappa shape index (κ2) is 9.05. The van der Waals surface area contributed by atoms with Crippen LogP contribution in [-0.2, 0) is 33.7 Å². The van der Waals surface area contributed by atoms with E-state index < -0.39 is 5.97 Å². The predicted octanol–water partition coefficient (Wildman–Crippen LogP) is 2.36. The predicted molar refractivity (Wildman–Crippen MR) is 114 cm³/mol. The first-order valence-electron chi connectivity index (χ1n) is 9.60. The minimum absolute atomic E-state index is 0.0260. The lowest BCUT2D eigenvalue weighted by molar-refractivity contribution is -0.140. The van der Waals surface area contributed by atoms with Crippen LogP contribution in [0, 0.1) is 0 Å². The third kappa shape index (κ3) is 4.29. The Hall–Kier alpha value is -2.59. The molecule has 0 unspecified atom stereocenters. The number of hydrogen-bond acceptors (Lipinski definition) is 8. The van der Waals surface area contributed by atoms with Crippen LogP contribution >= 0.6 is 23.1 Å². The Morgan fingerprint density at radius 1 is 1.37 bits per heavy atom. The molecule has 0 fully saturated rings. The van der Waals surface area contributed by atoms with Gasteiger partial charge in [-0.2, -0.15) is 0 Å². The highest BCUT2D eigenvalue weighted by atomic mass is 32.2. The second-order valence-electron chi connectivity index (χ2n) is 6.90. The molecule has 3 aromatic heterocycles. The molecule has 0 bridgehead atoms. The maximum atomic E-state index is 13.4. The van der Waals surface area contributed by atoms with Gasteiger partial charge >= 0.3 is 5.97 Å². The molecular weight excluding hydrogens is 426 g/mol. The summed E-state index contributed by atoms with van der Waals surface area (Å²) < 4.78 is 11.5. The third-order valence-electron chi connectivity index (χ3n) is 4.92. The first-order valence-corrected chi connectivity index (χ1v) is 11.4. The smallest absolute Gasteiger partial charge is 0.325 e. The summed E-state index contributed by atoms with van der Waals surface area (Å²) in [4.78, 5) is 43.4. The van der Waals surface area contributed by atoms with E-state index in [4.69, 9.17) is 9.40 Å². The molecule has 10 heteroatoms. The average Bonchev–Trinajstić information content (AvgIpc) is 3.40. The second-order valence-corrected chi connectivity index (χ2v) is 8.92. The molecule has 0 aromatic carbocycles. The maximum Gasteiger partial charge on any atom is 0.325 e. The molecule has 3 aromatic rings. The highest BCUT2D eigenvalue weighted by Gasteiger charge is 2.23. The number of thioether (sulfide) groups is 1. The normalized spacial score (nSPS) is 13.2. The van der Waals surface area contributed by atoms with E-state index in [9.17, 15) is 14.4 Å². The summed E-state index contributed by atoms with van der Waals surface area (Å²) >= 11 is 2.74. The molecule has 0 saturated heterocycles. The number of aromatic nitrogens is 2. The number of ether oxygens (including phenoxy) is 1. The molecular formula is C20H21N3O5S2. The van der Waals surface area contributed by atoms with E-state index in [1.807, 2.05) is 0 Å². The van der Waals surface area contributed by atoms with Gasteiger partial charge in [0.05, 0.1) is 31.1 Å². The molecule has 3 heterocycles. The van der Waals surface area contributed by atoms with Crippen molar-refractivity contribution in [2.75, 3.05) is 19.4 Å². The van der Waals surface area contributed by atoms with Gasteiger partial charge in [0.25, 0.3) is 5.56 Å². The molecule has 0 atom stereocenters. The van der Waals surface area contributed by atoms with Crippen LogP contribution in [0.4, 0.5) is 0 Å². The molecule has 0 radical (unpaired) electrons. The number of amides is 1. The van der Waals surface area contributed by atoms with Gasteiger partial charge in [0.1, 0.15) is 17.1 Å². The van der Waals surface area contributed by atoms with Gasteiger partial charge in [-0.15, -0.1) is 11.3 Å². The number of hydrogen-bond donors (Lipinski definition) is 1. The summed E-state index contributed by atoms with van der Waals surface area (Å²) in [6.07, 6.45) is 5.64. The highest BCUT2D eigenvalue weighted by Crippen LogP contribution is 2.34. The van der Waals surface area contributed by atoms with Gasteiger partial charge in [-0.3, -0.25) is 19.0 Å². The first kappa shape index (κ1) is 20.7. The fourth-order valence-corrected chi connectivity index (χ4v) is 5.58. The maximum absolute atomic E-state index is 13.4. The average molecular weight is 448 g/mol. The van der Waals surface area contributed by atoms with E-state index in [0.29, 0.717) is 16.3 Å². The number of fused-ring (bicyclic) bond motifs is 3. The van der Waals surface area contributed by atoms with E-state index in [1.165, 1.54) is 12.0 Å². The van der Waals surface area contributed by atoms with Crippen LogP contribution in [0.1, 0.15) is 29.0 Å². The summed E-state index contributed by atoms with van der Waals surface area (Å²) in [5, 5.41) is 3.64. The van der Waals surface area contributed by atoms with Crippen molar-refractivity contribution in [3.63, 3.8) is 0 Å². The number of furan rings is 1. The zero-order chi connectivity index (χ0) is 21.1. The van der Waals surface area contributed by atoms with Crippen LogP contribution in [0.3, 0.4) is 0 Å². The number of rotatable bonds is 7. The quantitative estimate of drug-likeness (QED) is 0.337. The number of aryl methyl sites for hydroxylation is 2. The molecule has 4 rings (SSSR count). The molecule has 1 amide bonds. The van der Waals surface area contributed by atoms with Crippen LogP contribution < -0.4 is 10.9 Å². The number of carbonyl (C=O) groups excluding carboxylic acids is 2. The summed E-state index contributed by atoms with van der Waals surface area (Å²) in [6, 6.07) is 3.57. The Morgan fingerprint density at radius 2 is 2.20 bits per heavy atom. The molecule has 1 aliphatic rings. The van der Waals surface area contributed by atoms with Crippen molar-refractivity contribution in [2.24, 2.45) is 0 Å². The summed E-state index contributed by atoms with van der Waals surface area (Å²) in [7, 11) is 1.26. The lowest BCUT2D eigenvalue weighted by Gasteiger charge is -2.12. The largest absolute Gasteiger partial charge is 0.468 e. The lowest BCUT2D eigenvalue weighted by Crippen LogP contribution is -2.32. The molecule has 1 aliphatic carbocycles. The van der Waals surface area contributed by atoms with E-state index in [1.54, 1.807) is 34.3 Å². The molecule has 0 aliphatic heterocycles. The molecule has 30 heavy (non-hydrogen) atoms. The molecule has 0 saturated carbocycles. The topological polar surface area (TPSA) is 103 Å². The molecule has 8 nitrogen and oxygen atoms in total. The van der Waals surface area contributed by atoms with Crippen LogP contribution in [-0.4, -0.2) is 40.8 Å². The fraction of sp³-hybridized carbons (Fsp3) is 0.400. The number of carbonyl (C=O) groups is 2. The van der Waals surface area contributed by atoms with Gasteiger partial charge in [0.15, 0.2) is 5.16 Å². The van der Waals surface area contributed by atoms with Crippen molar-refractivity contribution < 1.29 is 18.7 Å². The van der Waals surface area contributed by atoms with Gasteiger partial charge in [0, 0.05) is 4.88 Å². The highest BCUT2D eigenvalue weighted by molar-refractivity contribution is 7.99. The van der Waals surface area contributed by atoms with Crippen molar-refractivity contribution in [3.05, 3.63) is 45.0 Å². The Balaban J connectivity index is 1.65. The number of methoxy groups -OCH3 is 1. The minimum atomic E-state index is -0.521. The van der Waals surface area contributed by atoms with Crippen molar-refractivity contribution in [2.45, 2.75) is 37.4 Å². The standard InChI is InChI=1S/C20H21N3O5S2/c1-27-16(25)9-21-15(24)11-29-20-22-18-17(13-6-2-3-7-14(13)30-18)19(26)23(20)10-12-5-4-8-28-12/h4-5,8H,2-3,6-7,9-11H2,1H3,(H,21,24). The molecule has 0 spiro atoms. The Kier molecular flexibility index (Phi) is 6.24. The van der Waals surface area contributed by atoms with Gasteiger partial charge in [-0.05, 0) is 43.4 Å². The molecule has 158 valence electrons. The Morgan fingerprint density at radius 3 is 2.97 bits per heavy atom. The van der Waals surface area contributed by atoms with Crippen LogP contribution in [0.25, 0.3) is 10.2 Å². The number of nitrogens with zero attached hydrogens (tertiary/aromatic N) is 2. The van der Waals surface area contributed by atoms with Crippen molar-refractivity contribution in [3.8, 4) is 0 Å². The van der Waals surface area contributed by atoms with Gasteiger partial charge in [-0.1, -0.05) is 11.8 Å². The van der Waals surface area contributed by atoms with Gasteiger partial charge in [-0.25, -0.2) is 4.98 Å². The first-order chi connectivity index (χ1) is 14.6. The van der Waals surface area contributed by atoms with E-state index in [-0.39, 0.29) is 30.3 Å². The monoisotopic (exact) mass is 447 g/mol. The zero-order valence-electron chi connectivity index (χ0n) is 16.4. The Bertz CT molecular complexity index is 1130. The number of esters is 1. The van der Waals surface area contributed by atoms with Crippen molar-refractivity contribution in [1.82, 2.24) is 14.9 Å². The van der Waals surface area contributed by atoms with Crippen LogP contribution in [0.2, 0.25) is 0 Å². The van der Waals surface area contributed by atoms with E-state index >= 15 is 0 Å². The van der Waals surface area contributed by atoms with Gasteiger partial charge in [0.2, 0.25) is 5.91 Å². The van der Waals surface area contributed by atoms with Crippen molar-refractivity contribution in [1.29, 1.82) is 0 Å². The van der Waals surface area contributed by atoms with Crippen LogP contribution in [0.15, 0.2) is 32.8 Å². The summed E-state index contributed by atoms with van der Waals surface area (Å²) in [5.41, 5.74) is 1.02. The lowest BCUT2D eigenvalue weighted by atomic mass is 9.97. The van der Waals surface area contributed by atoms with E-state index in [0.717, 1.165) is 47.8 Å². The zero-order valence-corrected chi connectivity index (χ0v) is 18.1. The molecule has 1 N–H and O–H groups in total. The number of nitrogens with one attached hydrogen (secondary N) is 1. The van der Waals surface area contributed by atoms with Crippen molar-refractivity contribution >= 4 is 45.2 Å². The fourth-order valence-electron chi connectivity index (χ4n) is 3.45. The van der Waals surface area contributed by atoms with Gasteiger partial charge < -0.3 is 14.5 Å². The van der Waals surface area contributed by atoms with E-state index in [2.05, 4.69) is 10.1 Å². The summed E-state index contributed by atoms with van der Waals surface area (Å²) in [5.74, 6) is -0.195. The number of thiophene rings is 1.